The standard InChI is InChI=1S/C24H20N2/c25-18-8-2-1-3-9-19-14-16-20(17-15-19)26-23-12-6-4-10-21(23)22-11-5-7-13-24(22)26/h1-18H,25H2/b2-1-,9-3-,18-8+. The Labute approximate surface area is 153 Å². The minimum atomic E-state index is 1.16. The van der Waals surface area contributed by atoms with Crippen LogP contribution in [-0.2, 0) is 0 Å². The molecule has 4 rings (SSSR count). The SMILES string of the molecule is N/C=C/C=C\C=C/c1ccc(-n2c3ccccc3c3ccccc32)cc1. The number of nitrogens with zero attached hydrogens (tertiary/aromatic N) is 1. The highest BCUT2D eigenvalue weighted by Crippen LogP contribution is 2.31. The van der Waals surface area contributed by atoms with E-state index in [1.807, 2.05) is 18.2 Å². The smallest absolute Gasteiger partial charge is 0.0541 e. The minimum Gasteiger partial charge on any atom is -0.405 e. The van der Waals surface area contributed by atoms with E-state index < -0.39 is 0 Å². The monoisotopic (exact) mass is 336 g/mol. The molecule has 26 heavy (non-hydrogen) atoms. The molecule has 0 radical (unpaired) electrons. The molecule has 0 atom stereocenters. The maximum atomic E-state index is 5.31. The van der Waals surface area contributed by atoms with Crippen LogP contribution < -0.4 is 5.73 Å². The number of hydrogen-bond donors (Lipinski definition) is 1. The lowest BCUT2D eigenvalue weighted by Gasteiger charge is -2.08. The van der Waals surface area contributed by atoms with Crippen LogP contribution >= 0.6 is 0 Å². The first-order chi connectivity index (χ1) is 12.9. The Morgan fingerprint density at radius 2 is 1.19 bits per heavy atom. The summed E-state index contributed by atoms with van der Waals surface area (Å²) in [6, 6.07) is 25.7. The van der Waals surface area contributed by atoms with Gasteiger partial charge in [0, 0.05) is 16.5 Å². The molecule has 1 heterocycles. The maximum Gasteiger partial charge on any atom is 0.0541 e. The normalized spacial score (nSPS) is 12.3. The van der Waals surface area contributed by atoms with E-state index in [0.29, 0.717) is 0 Å². The molecule has 0 bridgehead atoms. The molecule has 2 N–H and O–H groups in total. The van der Waals surface area contributed by atoms with Gasteiger partial charge in [0.05, 0.1) is 11.0 Å². The number of benzene rings is 3. The number of allylic oxidation sites excluding steroid dienone is 4. The van der Waals surface area contributed by atoms with Crippen molar-refractivity contribution < 1.29 is 0 Å². The third-order valence-electron chi connectivity index (χ3n) is 4.46. The average molecular weight is 336 g/mol. The lowest BCUT2D eigenvalue weighted by atomic mass is 10.2. The summed E-state index contributed by atoms with van der Waals surface area (Å²) < 4.78 is 2.32. The van der Waals surface area contributed by atoms with E-state index in [1.165, 1.54) is 33.7 Å². The summed E-state index contributed by atoms with van der Waals surface area (Å²) in [5, 5.41) is 2.57. The molecule has 0 fully saturated rings. The molecule has 2 heteroatoms. The van der Waals surface area contributed by atoms with Crippen LogP contribution in [0.4, 0.5) is 0 Å². The molecule has 0 unspecified atom stereocenters. The van der Waals surface area contributed by atoms with E-state index in [-0.39, 0.29) is 0 Å². The molecule has 4 aromatic rings. The quantitative estimate of drug-likeness (QED) is 0.467. The van der Waals surface area contributed by atoms with Crippen molar-refractivity contribution in [3.8, 4) is 5.69 Å². The second-order valence-electron chi connectivity index (χ2n) is 6.09. The van der Waals surface area contributed by atoms with Gasteiger partial charge in [-0.15, -0.1) is 0 Å². The Morgan fingerprint density at radius 1 is 0.615 bits per heavy atom. The fraction of sp³-hybridized carbons (Fsp3) is 0. The maximum absolute atomic E-state index is 5.31. The van der Waals surface area contributed by atoms with Crippen molar-refractivity contribution in [3.05, 3.63) is 109 Å². The second-order valence-corrected chi connectivity index (χ2v) is 6.09. The van der Waals surface area contributed by atoms with Gasteiger partial charge in [0.2, 0.25) is 0 Å². The molecule has 0 aliphatic heterocycles. The summed E-state index contributed by atoms with van der Waals surface area (Å²) in [6.45, 7) is 0. The van der Waals surface area contributed by atoms with Crippen LogP contribution in [-0.4, -0.2) is 4.57 Å². The molecule has 126 valence electrons. The molecular weight excluding hydrogens is 316 g/mol. The van der Waals surface area contributed by atoms with Gasteiger partial charge in [-0.2, -0.15) is 0 Å². The second kappa shape index (κ2) is 7.16. The zero-order chi connectivity index (χ0) is 17.8. The van der Waals surface area contributed by atoms with Gasteiger partial charge in [-0.3, -0.25) is 0 Å². The highest BCUT2D eigenvalue weighted by atomic mass is 15.0. The fourth-order valence-corrected chi connectivity index (χ4v) is 3.29. The molecule has 0 aliphatic carbocycles. The molecule has 0 amide bonds. The van der Waals surface area contributed by atoms with Crippen molar-refractivity contribution in [2.75, 3.05) is 0 Å². The van der Waals surface area contributed by atoms with Crippen LogP contribution in [0, 0.1) is 0 Å². The van der Waals surface area contributed by atoms with Gasteiger partial charge in [0.1, 0.15) is 0 Å². The first-order valence-electron chi connectivity index (χ1n) is 8.69. The Hall–Kier alpha value is -3.52. The van der Waals surface area contributed by atoms with Crippen LogP contribution in [0.1, 0.15) is 5.56 Å². The van der Waals surface area contributed by atoms with Crippen LogP contribution in [0.5, 0.6) is 0 Å². The molecule has 3 aromatic carbocycles. The Bertz CT molecular complexity index is 1070. The molecule has 0 aliphatic rings. The summed E-state index contributed by atoms with van der Waals surface area (Å²) in [5.74, 6) is 0. The third-order valence-corrected chi connectivity index (χ3v) is 4.46. The predicted octanol–water partition coefficient (Wildman–Crippen LogP) is 5.83. The van der Waals surface area contributed by atoms with Crippen molar-refractivity contribution >= 4 is 27.9 Å². The van der Waals surface area contributed by atoms with Crippen LogP contribution in [0.2, 0.25) is 0 Å². The van der Waals surface area contributed by atoms with Gasteiger partial charge in [-0.05, 0) is 42.1 Å². The summed E-state index contributed by atoms with van der Waals surface area (Å²) in [4.78, 5) is 0. The van der Waals surface area contributed by atoms with E-state index in [4.69, 9.17) is 5.73 Å². The van der Waals surface area contributed by atoms with Gasteiger partial charge in [-0.1, -0.05) is 72.8 Å². The highest BCUT2D eigenvalue weighted by molar-refractivity contribution is 6.09. The van der Waals surface area contributed by atoms with E-state index in [2.05, 4.69) is 83.4 Å². The lowest BCUT2D eigenvalue weighted by molar-refractivity contribution is 1.18. The van der Waals surface area contributed by atoms with Gasteiger partial charge >= 0.3 is 0 Å². The summed E-state index contributed by atoms with van der Waals surface area (Å²) in [5.41, 5.74) is 10.1. The first-order valence-corrected chi connectivity index (χ1v) is 8.69. The van der Waals surface area contributed by atoms with Crippen molar-refractivity contribution in [3.63, 3.8) is 0 Å². The van der Waals surface area contributed by atoms with Gasteiger partial charge in [0.15, 0.2) is 0 Å². The molecule has 0 saturated heterocycles. The van der Waals surface area contributed by atoms with Gasteiger partial charge in [-0.25, -0.2) is 0 Å². The molecule has 1 aromatic heterocycles. The minimum absolute atomic E-state index is 1.16. The zero-order valence-electron chi connectivity index (χ0n) is 14.4. The summed E-state index contributed by atoms with van der Waals surface area (Å²) in [7, 11) is 0. The van der Waals surface area contributed by atoms with Crippen LogP contribution in [0.15, 0.2) is 103 Å². The van der Waals surface area contributed by atoms with Gasteiger partial charge < -0.3 is 10.3 Å². The van der Waals surface area contributed by atoms with E-state index in [0.717, 1.165) is 5.56 Å². The van der Waals surface area contributed by atoms with Crippen molar-refractivity contribution in [1.82, 2.24) is 4.57 Å². The Morgan fingerprint density at radius 3 is 1.81 bits per heavy atom. The molecule has 2 nitrogen and oxygen atoms in total. The molecule has 0 saturated carbocycles. The highest BCUT2D eigenvalue weighted by Gasteiger charge is 2.10. The van der Waals surface area contributed by atoms with Crippen molar-refractivity contribution in [2.45, 2.75) is 0 Å². The van der Waals surface area contributed by atoms with E-state index in [1.54, 1.807) is 6.08 Å². The van der Waals surface area contributed by atoms with Crippen molar-refractivity contribution in [1.29, 1.82) is 0 Å². The van der Waals surface area contributed by atoms with Gasteiger partial charge in [0.25, 0.3) is 0 Å². The number of fused-ring (bicyclic) bond motifs is 3. The Balaban J connectivity index is 1.76. The molecule has 0 spiro atoms. The number of para-hydroxylation sites is 2. The topological polar surface area (TPSA) is 30.9 Å². The van der Waals surface area contributed by atoms with Crippen LogP contribution in [0.3, 0.4) is 0 Å². The third kappa shape index (κ3) is 2.93. The predicted molar refractivity (Wildman–Crippen MR) is 112 cm³/mol. The summed E-state index contributed by atoms with van der Waals surface area (Å²) in [6.07, 6.45) is 11.3. The largest absolute Gasteiger partial charge is 0.405 e. The van der Waals surface area contributed by atoms with Crippen LogP contribution in [0.25, 0.3) is 33.6 Å². The lowest BCUT2D eigenvalue weighted by Crippen LogP contribution is -1.93. The first kappa shape index (κ1) is 16.0. The van der Waals surface area contributed by atoms with E-state index >= 15 is 0 Å². The number of aromatic nitrogens is 1. The number of rotatable bonds is 4. The number of nitrogens with two attached hydrogens (primary N) is 1. The number of hydrogen-bond acceptors (Lipinski definition) is 1. The fourth-order valence-electron chi connectivity index (χ4n) is 3.29. The van der Waals surface area contributed by atoms with Crippen molar-refractivity contribution in [2.24, 2.45) is 5.73 Å². The zero-order valence-corrected chi connectivity index (χ0v) is 14.4. The average Bonchev–Trinajstić information content (AvgIpc) is 3.03. The molecular formula is C24H20N2. The summed E-state index contributed by atoms with van der Waals surface area (Å²) >= 11 is 0. The Kier molecular flexibility index (Phi) is 4.40. The van der Waals surface area contributed by atoms with E-state index in [9.17, 15) is 0 Å².